The molecule has 0 rings (SSSR count). The van der Waals surface area contributed by atoms with Crippen molar-refractivity contribution in [1.29, 1.82) is 0 Å². The fraction of sp³-hybridized carbons (Fsp3) is 0.939. The van der Waals surface area contributed by atoms with E-state index in [9.17, 15) is 43.2 Å². The topological polar surface area (TPSA) is 237 Å². The average molecular weight is 1260 g/mol. The maximum absolute atomic E-state index is 13.0. The van der Waals surface area contributed by atoms with Crippen molar-refractivity contribution in [3.05, 3.63) is 0 Å². The number of carbonyl (C=O) groups is 4. The summed E-state index contributed by atoms with van der Waals surface area (Å²) < 4.78 is 68.1. The van der Waals surface area contributed by atoms with E-state index in [0.29, 0.717) is 25.7 Å². The summed E-state index contributed by atoms with van der Waals surface area (Å²) in [5.41, 5.74) is 0. The maximum atomic E-state index is 13.0. The van der Waals surface area contributed by atoms with Gasteiger partial charge in [0.1, 0.15) is 19.3 Å². The third-order valence-electron chi connectivity index (χ3n) is 15.3. The van der Waals surface area contributed by atoms with E-state index in [4.69, 9.17) is 37.0 Å². The van der Waals surface area contributed by atoms with Gasteiger partial charge in [0, 0.05) is 25.7 Å². The zero-order chi connectivity index (χ0) is 62.8. The van der Waals surface area contributed by atoms with Gasteiger partial charge in [0.2, 0.25) is 0 Å². The number of ether oxygens (including phenoxy) is 4. The number of phosphoric acid groups is 2. The lowest BCUT2D eigenvalue weighted by Crippen LogP contribution is -2.30. The molecule has 0 aromatic carbocycles. The Morgan fingerprint density at radius 1 is 0.318 bits per heavy atom. The summed E-state index contributed by atoms with van der Waals surface area (Å²) in [5.74, 6) is -1.35. The molecule has 0 saturated carbocycles. The molecule has 0 amide bonds. The van der Waals surface area contributed by atoms with Crippen molar-refractivity contribution in [2.45, 2.75) is 355 Å². The van der Waals surface area contributed by atoms with Crippen LogP contribution >= 0.6 is 15.6 Å². The molecule has 0 aliphatic heterocycles. The number of aliphatic hydroxyl groups excluding tert-OH is 1. The van der Waals surface area contributed by atoms with Gasteiger partial charge in [0.25, 0.3) is 0 Å². The maximum Gasteiger partial charge on any atom is 0.472 e. The molecule has 504 valence electrons. The number of esters is 4. The number of hydrogen-bond donors (Lipinski definition) is 3. The van der Waals surface area contributed by atoms with Crippen LogP contribution in [0.3, 0.4) is 0 Å². The molecular weight excluding hydrogens is 1130 g/mol. The highest BCUT2D eigenvalue weighted by Gasteiger charge is 2.30. The van der Waals surface area contributed by atoms with Gasteiger partial charge in [-0.25, -0.2) is 9.13 Å². The minimum Gasteiger partial charge on any atom is -0.462 e. The van der Waals surface area contributed by atoms with Crippen LogP contribution in [0.4, 0.5) is 0 Å². The van der Waals surface area contributed by atoms with Crippen molar-refractivity contribution in [1.82, 2.24) is 0 Å². The monoisotopic (exact) mass is 1250 g/mol. The SMILES string of the molecule is CCCCCCCCCCCCCC(=O)OC[C@H](COP(=O)(O)OC[C@@H](O)COP(=O)(O)OC[C@@H](COC(=O)CCCCCCCCCCC)OC(=O)CCCCCCCCCCCC)OC(=O)CCCCCCCCCCCCCCC(C)C. The summed E-state index contributed by atoms with van der Waals surface area (Å²) in [4.78, 5) is 72.3. The Balaban J connectivity index is 5.22. The Kier molecular flexibility index (Phi) is 58.3. The minimum atomic E-state index is -4.95. The molecule has 0 aromatic rings. The molecule has 0 bridgehead atoms. The Morgan fingerprint density at radius 2 is 0.541 bits per heavy atom. The summed E-state index contributed by atoms with van der Waals surface area (Å²) in [5, 5.41) is 10.5. The first-order chi connectivity index (χ1) is 41.0. The summed E-state index contributed by atoms with van der Waals surface area (Å²) in [6.07, 6.45) is 44.3. The zero-order valence-corrected chi connectivity index (χ0v) is 56.5. The van der Waals surface area contributed by atoms with E-state index < -0.39 is 97.5 Å². The summed E-state index contributed by atoms with van der Waals surface area (Å²) >= 11 is 0. The van der Waals surface area contributed by atoms with Crippen molar-refractivity contribution in [2.24, 2.45) is 5.92 Å². The van der Waals surface area contributed by atoms with Gasteiger partial charge in [0.05, 0.1) is 26.4 Å². The molecule has 85 heavy (non-hydrogen) atoms. The van der Waals surface area contributed by atoms with Crippen molar-refractivity contribution in [2.75, 3.05) is 39.6 Å². The van der Waals surface area contributed by atoms with Crippen LogP contribution in [0.1, 0.15) is 336 Å². The highest BCUT2D eigenvalue weighted by atomic mass is 31.2. The van der Waals surface area contributed by atoms with Crippen LogP contribution in [0.15, 0.2) is 0 Å². The molecule has 17 nitrogen and oxygen atoms in total. The lowest BCUT2D eigenvalue weighted by atomic mass is 10.0. The number of aliphatic hydroxyl groups is 1. The molecule has 0 radical (unpaired) electrons. The molecule has 0 aliphatic rings. The van der Waals surface area contributed by atoms with Crippen LogP contribution in [0.2, 0.25) is 0 Å². The van der Waals surface area contributed by atoms with Gasteiger partial charge in [-0.15, -0.1) is 0 Å². The summed E-state index contributed by atoms with van der Waals surface area (Å²) in [6, 6.07) is 0. The Hall–Kier alpha value is -1.94. The molecule has 0 fully saturated rings. The molecule has 0 heterocycles. The molecule has 0 spiro atoms. The summed E-state index contributed by atoms with van der Waals surface area (Å²) in [7, 11) is -9.89. The largest absolute Gasteiger partial charge is 0.472 e. The van der Waals surface area contributed by atoms with Gasteiger partial charge < -0.3 is 33.8 Å². The van der Waals surface area contributed by atoms with Crippen LogP contribution in [0.25, 0.3) is 0 Å². The third kappa shape index (κ3) is 60.7. The third-order valence-corrected chi connectivity index (χ3v) is 17.2. The Morgan fingerprint density at radius 3 is 0.800 bits per heavy atom. The van der Waals surface area contributed by atoms with Crippen LogP contribution in [0.5, 0.6) is 0 Å². The van der Waals surface area contributed by atoms with Crippen molar-refractivity contribution < 1.29 is 80.2 Å². The predicted octanol–water partition coefficient (Wildman–Crippen LogP) is 18.6. The molecule has 0 saturated heterocycles. The van der Waals surface area contributed by atoms with Gasteiger partial charge in [-0.2, -0.15) is 0 Å². The van der Waals surface area contributed by atoms with Gasteiger partial charge in [-0.1, -0.05) is 285 Å². The highest BCUT2D eigenvalue weighted by molar-refractivity contribution is 7.47. The Bertz CT molecular complexity index is 1650. The van der Waals surface area contributed by atoms with E-state index in [-0.39, 0.29) is 25.7 Å². The van der Waals surface area contributed by atoms with E-state index in [1.54, 1.807) is 0 Å². The van der Waals surface area contributed by atoms with E-state index in [2.05, 4.69) is 34.6 Å². The molecule has 5 atom stereocenters. The molecule has 3 N–H and O–H groups in total. The second kappa shape index (κ2) is 59.7. The van der Waals surface area contributed by atoms with E-state index in [0.717, 1.165) is 95.8 Å². The number of phosphoric ester groups is 2. The Labute approximate surface area is 517 Å². The minimum absolute atomic E-state index is 0.106. The van der Waals surface area contributed by atoms with Crippen LogP contribution in [0, 0.1) is 5.92 Å². The zero-order valence-electron chi connectivity index (χ0n) is 54.7. The second-order valence-electron chi connectivity index (χ2n) is 24.3. The number of carbonyl (C=O) groups excluding carboxylic acids is 4. The van der Waals surface area contributed by atoms with Gasteiger partial charge in [-0.05, 0) is 31.6 Å². The van der Waals surface area contributed by atoms with Gasteiger partial charge in [0.15, 0.2) is 12.2 Å². The summed E-state index contributed by atoms with van der Waals surface area (Å²) in [6.45, 7) is 7.20. The lowest BCUT2D eigenvalue weighted by molar-refractivity contribution is -0.161. The van der Waals surface area contributed by atoms with Crippen molar-refractivity contribution in [3.63, 3.8) is 0 Å². The smallest absolute Gasteiger partial charge is 0.462 e. The lowest BCUT2D eigenvalue weighted by Gasteiger charge is -2.21. The first-order valence-corrected chi connectivity index (χ1v) is 37.6. The van der Waals surface area contributed by atoms with Crippen LogP contribution in [-0.2, 0) is 65.4 Å². The van der Waals surface area contributed by atoms with Crippen molar-refractivity contribution >= 4 is 39.5 Å². The first kappa shape index (κ1) is 83.1. The van der Waals surface area contributed by atoms with Crippen LogP contribution < -0.4 is 0 Å². The molecule has 2 unspecified atom stereocenters. The fourth-order valence-electron chi connectivity index (χ4n) is 9.94. The average Bonchev–Trinajstić information content (AvgIpc) is 3.51. The van der Waals surface area contributed by atoms with E-state index >= 15 is 0 Å². The number of hydrogen-bond acceptors (Lipinski definition) is 15. The normalized spacial score (nSPS) is 14.2. The second-order valence-corrected chi connectivity index (χ2v) is 27.2. The number of rotatable bonds is 66. The van der Waals surface area contributed by atoms with Gasteiger partial charge >= 0.3 is 39.5 Å². The molecule has 0 aliphatic carbocycles. The molecule has 19 heteroatoms. The molecular formula is C66H128O17P2. The van der Waals surface area contributed by atoms with E-state index in [1.807, 2.05) is 0 Å². The molecule has 0 aromatic heterocycles. The highest BCUT2D eigenvalue weighted by Crippen LogP contribution is 2.45. The fourth-order valence-corrected chi connectivity index (χ4v) is 11.5. The van der Waals surface area contributed by atoms with Gasteiger partial charge in [-0.3, -0.25) is 37.3 Å². The number of unbranched alkanes of at least 4 members (excludes halogenated alkanes) is 38. The van der Waals surface area contributed by atoms with Crippen LogP contribution in [-0.4, -0.2) is 96.7 Å². The standard InChI is InChI=1S/C66H128O17P2/c1-6-9-12-15-18-21-25-31-35-40-45-50-64(69)77-56-62(83-66(71)52-47-42-37-32-27-24-23-26-29-33-38-43-48-59(4)5)58-81-85(74,75)79-54-60(67)53-78-84(72,73)80-57-61(55-76-63(68)49-44-39-34-28-20-17-14-11-8-3)82-65(70)51-46-41-36-30-22-19-16-13-10-7-2/h59-62,67H,6-58H2,1-5H3,(H,72,73)(H,74,75)/t60-,61+,62+/m0/s1. The first-order valence-electron chi connectivity index (χ1n) is 34.6. The van der Waals surface area contributed by atoms with Crippen molar-refractivity contribution in [3.8, 4) is 0 Å². The predicted molar refractivity (Wildman–Crippen MR) is 340 cm³/mol. The quantitative estimate of drug-likeness (QED) is 0.0222. The van der Waals surface area contributed by atoms with E-state index in [1.165, 1.54) is 161 Å².